The molecule has 0 N–H and O–H groups in total. The first-order chi connectivity index (χ1) is 10.5. The Labute approximate surface area is 138 Å². The molecule has 2 unspecified atom stereocenters. The fourth-order valence-electron chi connectivity index (χ4n) is 2.80. The van der Waals surface area contributed by atoms with Gasteiger partial charge in [0.2, 0.25) is 0 Å². The molecular weight excluding hydrogens is 322 g/mol. The molecule has 0 bridgehead atoms. The number of hydrogen-bond donors (Lipinski definition) is 0. The Morgan fingerprint density at radius 1 is 1.36 bits per heavy atom. The highest BCUT2D eigenvalue weighted by molar-refractivity contribution is 7.21. The van der Waals surface area contributed by atoms with E-state index in [2.05, 4.69) is 0 Å². The molecular formula is C16H18ClNO3S. The van der Waals surface area contributed by atoms with Crippen molar-refractivity contribution in [3.8, 4) is 5.75 Å². The molecule has 1 fully saturated rings. The molecule has 6 heteroatoms. The number of benzene rings is 1. The number of carbonyl (C=O) groups excluding carboxylic acids is 1. The Bertz CT molecular complexity index is 705. The molecule has 0 spiro atoms. The number of thiophene rings is 1. The quantitative estimate of drug-likeness (QED) is 0.835. The molecule has 1 aliphatic rings. The van der Waals surface area contributed by atoms with Crippen LogP contribution in [0.1, 0.15) is 23.5 Å². The number of rotatable bonds is 2. The van der Waals surface area contributed by atoms with Crippen molar-refractivity contribution in [2.45, 2.75) is 26.1 Å². The number of ether oxygens (including phenoxy) is 2. The minimum atomic E-state index is -0.0211. The average molecular weight is 340 g/mol. The zero-order valence-corrected chi connectivity index (χ0v) is 14.3. The highest BCUT2D eigenvalue weighted by atomic mass is 35.5. The minimum Gasteiger partial charge on any atom is -0.497 e. The van der Waals surface area contributed by atoms with E-state index in [0.717, 1.165) is 15.8 Å². The molecule has 1 saturated heterocycles. The molecule has 118 valence electrons. The lowest BCUT2D eigenvalue weighted by Gasteiger charge is -2.35. The average Bonchev–Trinajstić information content (AvgIpc) is 2.82. The summed E-state index contributed by atoms with van der Waals surface area (Å²) in [7, 11) is 1.62. The lowest BCUT2D eigenvalue weighted by Crippen LogP contribution is -2.48. The molecule has 1 amide bonds. The van der Waals surface area contributed by atoms with Gasteiger partial charge in [-0.15, -0.1) is 11.3 Å². The molecule has 0 saturated carbocycles. The monoisotopic (exact) mass is 339 g/mol. The molecule has 1 aliphatic heterocycles. The third kappa shape index (κ3) is 2.81. The summed E-state index contributed by atoms with van der Waals surface area (Å²) in [5.41, 5.74) is 0. The predicted molar refractivity (Wildman–Crippen MR) is 89.3 cm³/mol. The summed E-state index contributed by atoms with van der Waals surface area (Å²) in [4.78, 5) is 15.2. The van der Waals surface area contributed by atoms with E-state index < -0.39 is 0 Å². The number of amides is 1. The fourth-order valence-corrected chi connectivity index (χ4v) is 4.25. The number of halogens is 1. The van der Waals surface area contributed by atoms with E-state index in [1.54, 1.807) is 7.11 Å². The minimum absolute atomic E-state index is 0.0211. The second-order valence-electron chi connectivity index (χ2n) is 5.57. The Balaban J connectivity index is 1.95. The van der Waals surface area contributed by atoms with Gasteiger partial charge in [0.15, 0.2) is 0 Å². The van der Waals surface area contributed by atoms with Gasteiger partial charge >= 0.3 is 0 Å². The summed E-state index contributed by atoms with van der Waals surface area (Å²) in [5, 5.41) is 1.37. The van der Waals surface area contributed by atoms with Crippen LogP contribution in [0.15, 0.2) is 18.2 Å². The van der Waals surface area contributed by atoms with Gasteiger partial charge in [-0.2, -0.15) is 0 Å². The first kappa shape index (κ1) is 15.6. The predicted octanol–water partition coefficient (Wildman–Crippen LogP) is 3.81. The van der Waals surface area contributed by atoms with Gasteiger partial charge in [0.1, 0.15) is 10.6 Å². The summed E-state index contributed by atoms with van der Waals surface area (Å²) < 4.78 is 11.9. The lowest BCUT2D eigenvalue weighted by molar-refractivity contribution is -0.0584. The summed E-state index contributed by atoms with van der Waals surface area (Å²) in [6.45, 7) is 5.15. The van der Waals surface area contributed by atoms with Crippen molar-refractivity contribution in [2.75, 3.05) is 20.2 Å². The highest BCUT2D eigenvalue weighted by Gasteiger charge is 2.29. The number of nitrogens with zero attached hydrogens (tertiary/aromatic N) is 1. The Hall–Kier alpha value is -1.30. The second kappa shape index (κ2) is 6.07. The molecule has 2 atom stereocenters. The van der Waals surface area contributed by atoms with Gasteiger partial charge in [-0.05, 0) is 32.0 Å². The van der Waals surface area contributed by atoms with Crippen molar-refractivity contribution in [3.05, 3.63) is 28.1 Å². The van der Waals surface area contributed by atoms with Gasteiger partial charge in [-0.1, -0.05) is 11.6 Å². The van der Waals surface area contributed by atoms with Crippen LogP contribution < -0.4 is 4.74 Å². The summed E-state index contributed by atoms with van der Waals surface area (Å²) in [5.74, 6) is 0.715. The van der Waals surface area contributed by atoms with Crippen molar-refractivity contribution < 1.29 is 14.3 Å². The normalized spacial score (nSPS) is 22.1. The molecule has 4 nitrogen and oxygen atoms in total. The SMILES string of the molecule is COc1ccc2sc(C(=O)N3CC(C)OC(C)C3)c(Cl)c2c1. The van der Waals surface area contributed by atoms with Crippen LogP contribution in [0.2, 0.25) is 5.02 Å². The summed E-state index contributed by atoms with van der Waals surface area (Å²) in [6.07, 6.45) is 0.0851. The highest BCUT2D eigenvalue weighted by Crippen LogP contribution is 2.38. The Morgan fingerprint density at radius 2 is 2.05 bits per heavy atom. The summed E-state index contributed by atoms with van der Waals surface area (Å²) in [6, 6.07) is 5.68. The molecule has 1 aromatic carbocycles. The van der Waals surface area contributed by atoms with Crippen LogP contribution in [0.3, 0.4) is 0 Å². The molecule has 2 heterocycles. The smallest absolute Gasteiger partial charge is 0.265 e. The number of fused-ring (bicyclic) bond motifs is 1. The van der Waals surface area contributed by atoms with E-state index in [-0.39, 0.29) is 18.1 Å². The molecule has 3 rings (SSSR count). The number of methoxy groups -OCH3 is 1. The molecule has 2 aromatic rings. The first-order valence-corrected chi connectivity index (χ1v) is 8.39. The molecule has 22 heavy (non-hydrogen) atoms. The van der Waals surface area contributed by atoms with Crippen LogP contribution in [-0.2, 0) is 4.74 Å². The van der Waals surface area contributed by atoms with Crippen molar-refractivity contribution in [1.82, 2.24) is 4.90 Å². The van der Waals surface area contributed by atoms with Crippen LogP contribution in [0, 0.1) is 0 Å². The number of carbonyl (C=O) groups is 1. The summed E-state index contributed by atoms with van der Waals surface area (Å²) >= 11 is 7.88. The fraction of sp³-hybridized carbons (Fsp3) is 0.438. The topological polar surface area (TPSA) is 38.8 Å². The van der Waals surface area contributed by atoms with Crippen LogP contribution in [-0.4, -0.2) is 43.2 Å². The van der Waals surface area contributed by atoms with E-state index in [0.29, 0.717) is 23.0 Å². The number of morpholine rings is 1. The van der Waals surface area contributed by atoms with Gasteiger partial charge < -0.3 is 14.4 Å². The zero-order valence-electron chi connectivity index (χ0n) is 12.8. The van der Waals surface area contributed by atoms with Crippen molar-refractivity contribution in [3.63, 3.8) is 0 Å². The van der Waals surface area contributed by atoms with Crippen molar-refractivity contribution >= 4 is 38.9 Å². The van der Waals surface area contributed by atoms with Crippen molar-refractivity contribution in [1.29, 1.82) is 0 Å². The van der Waals surface area contributed by atoms with Crippen LogP contribution in [0.4, 0.5) is 0 Å². The van der Waals surface area contributed by atoms with Crippen LogP contribution in [0.5, 0.6) is 5.75 Å². The molecule has 0 radical (unpaired) electrons. The zero-order chi connectivity index (χ0) is 15.9. The van der Waals surface area contributed by atoms with Gasteiger partial charge in [0.25, 0.3) is 5.91 Å². The van der Waals surface area contributed by atoms with E-state index in [4.69, 9.17) is 21.1 Å². The third-order valence-electron chi connectivity index (χ3n) is 3.74. The van der Waals surface area contributed by atoms with Gasteiger partial charge in [0.05, 0.1) is 24.3 Å². The standard InChI is InChI=1S/C16H18ClNO3S/c1-9-7-18(8-10(2)21-9)16(19)15-14(17)12-6-11(20-3)4-5-13(12)22-15/h4-6,9-10H,7-8H2,1-3H3. The van der Waals surface area contributed by atoms with Gasteiger partial charge in [0, 0.05) is 23.2 Å². The van der Waals surface area contributed by atoms with E-state index in [1.807, 2.05) is 36.9 Å². The lowest BCUT2D eigenvalue weighted by atomic mass is 10.2. The second-order valence-corrected chi connectivity index (χ2v) is 7.00. The third-order valence-corrected chi connectivity index (χ3v) is 5.40. The molecule has 0 aliphatic carbocycles. The number of hydrogen-bond acceptors (Lipinski definition) is 4. The van der Waals surface area contributed by atoms with E-state index >= 15 is 0 Å². The maximum Gasteiger partial charge on any atom is 0.265 e. The maximum absolute atomic E-state index is 12.8. The van der Waals surface area contributed by atoms with Crippen LogP contribution >= 0.6 is 22.9 Å². The van der Waals surface area contributed by atoms with Gasteiger partial charge in [-0.3, -0.25) is 4.79 Å². The Kier molecular flexibility index (Phi) is 4.30. The van der Waals surface area contributed by atoms with Gasteiger partial charge in [-0.25, -0.2) is 0 Å². The maximum atomic E-state index is 12.8. The Morgan fingerprint density at radius 3 is 2.68 bits per heavy atom. The largest absolute Gasteiger partial charge is 0.497 e. The van der Waals surface area contributed by atoms with Crippen LogP contribution in [0.25, 0.3) is 10.1 Å². The van der Waals surface area contributed by atoms with Crippen molar-refractivity contribution in [2.24, 2.45) is 0 Å². The van der Waals surface area contributed by atoms with E-state index in [9.17, 15) is 4.79 Å². The molecule has 1 aromatic heterocycles. The first-order valence-electron chi connectivity index (χ1n) is 7.20. The van der Waals surface area contributed by atoms with E-state index in [1.165, 1.54) is 11.3 Å².